The van der Waals surface area contributed by atoms with Gasteiger partial charge in [-0.15, -0.1) is 0 Å². The molecule has 0 spiro atoms. The summed E-state index contributed by atoms with van der Waals surface area (Å²) in [5, 5.41) is 13.1. The molecular weight excluding hydrogens is 242 g/mol. The first-order valence-corrected chi connectivity index (χ1v) is 7.82. The lowest BCUT2D eigenvalue weighted by molar-refractivity contribution is 0.0344. The molecule has 1 heterocycles. The highest BCUT2D eigenvalue weighted by molar-refractivity contribution is 4.75. The predicted molar refractivity (Wildman–Crippen MR) is 77.4 cm³/mol. The smallest absolute Gasteiger partial charge is 0.0897 e. The summed E-state index contributed by atoms with van der Waals surface area (Å²) in [7, 11) is 0. The van der Waals surface area contributed by atoms with Gasteiger partial charge in [-0.2, -0.15) is 0 Å². The molecule has 0 aromatic rings. The summed E-state index contributed by atoms with van der Waals surface area (Å²) in [5.41, 5.74) is 0. The van der Waals surface area contributed by atoms with Gasteiger partial charge in [0.2, 0.25) is 0 Å². The van der Waals surface area contributed by atoms with E-state index in [9.17, 15) is 5.11 Å². The fraction of sp³-hybridized carbons (Fsp3) is 1.00. The van der Waals surface area contributed by atoms with Crippen LogP contribution in [0.15, 0.2) is 0 Å². The van der Waals surface area contributed by atoms with Crippen molar-refractivity contribution in [1.29, 1.82) is 0 Å². The summed E-state index contributed by atoms with van der Waals surface area (Å²) in [5.74, 6) is 0.585. The minimum Gasteiger partial charge on any atom is -0.389 e. The zero-order valence-corrected chi connectivity index (χ0v) is 12.6. The largest absolute Gasteiger partial charge is 0.389 e. The average molecular weight is 273 g/mol. The number of hydrogen-bond acceptors (Lipinski definition) is 4. The Morgan fingerprint density at radius 3 is 2.89 bits per heavy atom. The van der Waals surface area contributed by atoms with E-state index in [1.807, 2.05) is 0 Å². The van der Waals surface area contributed by atoms with E-state index in [2.05, 4.69) is 19.2 Å². The second kappa shape index (κ2) is 10.6. The van der Waals surface area contributed by atoms with E-state index in [1.54, 1.807) is 0 Å². The molecule has 1 saturated heterocycles. The van der Waals surface area contributed by atoms with Crippen LogP contribution in [0, 0.1) is 5.92 Å². The predicted octanol–water partition coefficient (Wildman–Crippen LogP) is 1.96. The lowest BCUT2D eigenvalue weighted by atomic mass is 10.0. The molecule has 1 aliphatic rings. The van der Waals surface area contributed by atoms with Gasteiger partial charge >= 0.3 is 0 Å². The molecule has 3 atom stereocenters. The first kappa shape index (κ1) is 16.9. The van der Waals surface area contributed by atoms with Crippen LogP contribution in [0.1, 0.15) is 46.0 Å². The van der Waals surface area contributed by atoms with Gasteiger partial charge in [-0.1, -0.05) is 26.2 Å². The summed E-state index contributed by atoms with van der Waals surface area (Å²) in [4.78, 5) is 0. The molecule has 0 aliphatic carbocycles. The fourth-order valence-electron chi connectivity index (χ4n) is 2.39. The molecule has 0 amide bonds. The molecule has 19 heavy (non-hydrogen) atoms. The van der Waals surface area contributed by atoms with Gasteiger partial charge in [0.05, 0.1) is 18.8 Å². The van der Waals surface area contributed by atoms with E-state index in [0.717, 1.165) is 32.6 Å². The lowest BCUT2D eigenvalue weighted by Gasteiger charge is -2.17. The normalized spacial score (nSPS) is 24.8. The molecule has 1 fully saturated rings. The second-order valence-electron chi connectivity index (χ2n) is 5.57. The highest BCUT2D eigenvalue weighted by atomic mass is 16.5. The Morgan fingerprint density at radius 2 is 2.21 bits per heavy atom. The molecule has 4 nitrogen and oxygen atoms in total. The fourth-order valence-corrected chi connectivity index (χ4v) is 2.39. The monoisotopic (exact) mass is 273 g/mol. The lowest BCUT2D eigenvalue weighted by Crippen LogP contribution is -2.35. The number of hydrogen-bond donors (Lipinski definition) is 2. The van der Waals surface area contributed by atoms with Gasteiger partial charge in [0.1, 0.15) is 0 Å². The quantitative estimate of drug-likeness (QED) is 0.565. The van der Waals surface area contributed by atoms with Gasteiger partial charge in [0.15, 0.2) is 0 Å². The number of ether oxygens (including phenoxy) is 2. The number of aliphatic hydroxyl groups excluding tert-OH is 1. The molecule has 0 bridgehead atoms. The van der Waals surface area contributed by atoms with Gasteiger partial charge < -0.3 is 19.9 Å². The number of aliphatic hydroxyl groups is 1. The van der Waals surface area contributed by atoms with Crippen molar-refractivity contribution in [2.75, 3.05) is 32.9 Å². The highest BCUT2D eigenvalue weighted by Gasteiger charge is 2.23. The Balaban J connectivity index is 1.88. The highest BCUT2D eigenvalue weighted by Crippen LogP contribution is 2.19. The van der Waals surface area contributed by atoms with E-state index in [-0.39, 0.29) is 0 Å². The summed E-state index contributed by atoms with van der Waals surface area (Å²) in [6.07, 6.45) is 5.92. The minimum atomic E-state index is -0.399. The second-order valence-corrected chi connectivity index (χ2v) is 5.57. The van der Waals surface area contributed by atoms with Crippen molar-refractivity contribution in [1.82, 2.24) is 5.32 Å². The van der Waals surface area contributed by atoms with Crippen LogP contribution < -0.4 is 5.32 Å². The van der Waals surface area contributed by atoms with Crippen LogP contribution in [-0.4, -0.2) is 50.2 Å². The molecule has 0 saturated carbocycles. The van der Waals surface area contributed by atoms with Crippen LogP contribution in [0.5, 0.6) is 0 Å². The third kappa shape index (κ3) is 7.88. The molecule has 0 aromatic heterocycles. The molecule has 1 rings (SSSR count). The van der Waals surface area contributed by atoms with E-state index < -0.39 is 6.10 Å². The molecule has 0 radical (unpaired) electrons. The summed E-state index contributed by atoms with van der Waals surface area (Å²) in [6, 6.07) is 0. The van der Waals surface area contributed by atoms with E-state index >= 15 is 0 Å². The van der Waals surface area contributed by atoms with E-state index in [1.165, 1.54) is 19.3 Å². The molecule has 114 valence electrons. The Morgan fingerprint density at radius 1 is 1.37 bits per heavy atom. The topological polar surface area (TPSA) is 50.7 Å². The summed E-state index contributed by atoms with van der Waals surface area (Å²) in [6.45, 7) is 7.94. The van der Waals surface area contributed by atoms with Gasteiger partial charge in [-0.25, -0.2) is 0 Å². The zero-order valence-electron chi connectivity index (χ0n) is 12.6. The van der Waals surface area contributed by atoms with Crippen LogP contribution in [0.4, 0.5) is 0 Å². The van der Waals surface area contributed by atoms with Crippen LogP contribution in [0.25, 0.3) is 0 Å². The van der Waals surface area contributed by atoms with Crippen molar-refractivity contribution in [3.8, 4) is 0 Å². The zero-order chi connectivity index (χ0) is 13.9. The standard InChI is InChI=1S/C15H31NO3/c1-3-4-5-6-8-18-12-15(17)11-16-10-14-7-9-19-13(14)2/h13-17H,3-12H2,1-2H3. The average Bonchev–Trinajstić information content (AvgIpc) is 2.79. The maximum absolute atomic E-state index is 9.77. The number of unbranched alkanes of at least 4 members (excludes halogenated alkanes) is 3. The number of rotatable bonds is 11. The molecule has 0 aromatic carbocycles. The van der Waals surface area contributed by atoms with Crippen molar-refractivity contribution in [2.24, 2.45) is 5.92 Å². The third-order valence-corrected chi connectivity index (χ3v) is 3.77. The van der Waals surface area contributed by atoms with E-state index in [0.29, 0.717) is 25.2 Å². The maximum Gasteiger partial charge on any atom is 0.0897 e. The Labute approximate surface area is 117 Å². The first-order chi connectivity index (χ1) is 9.24. The first-order valence-electron chi connectivity index (χ1n) is 7.82. The molecular formula is C15H31NO3. The Hall–Kier alpha value is -0.160. The van der Waals surface area contributed by atoms with Gasteiger partial charge in [-0.3, -0.25) is 0 Å². The Bertz CT molecular complexity index is 214. The summed E-state index contributed by atoms with van der Waals surface area (Å²) >= 11 is 0. The van der Waals surface area contributed by atoms with Crippen LogP contribution in [0.3, 0.4) is 0 Å². The number of nitrogens with one attached hydrogen (secondary N) is 1. The van der Waals surface area contributed by atoms with Crippen LogP contribution in [-0.2, 0) is 9.47 Å². The van der Waals surface area contributed by atoms with Crippen molar-refractivity contribution >= 4 is 0 Å². The molecule has 1 aliphatic heterocycles. The van der Waals surface area contributed by atoms with Crippen molar-refractivity contribution in [3.63, 3.8) is 0 Å². The SMILES string of the molecule is CCCCCCOCC(O)CNCC1CCOC1C. The molecule has 4 heteroatoms. The van der Waals surface area contributed by atoms with Gasteiger partial charge in [0, 0.05) is 26.3 Å². The Kier molecular flexibility index (Phi) is 9.43. The van der Waals surface area contributed by atoms with Crippen LogP contribution >= 0.6 is 0 Å². The summed E-state index contributed by atoms with van der Waals surface area (Å²) < 4.78 is 11.0. The molecule has 2 N–H and O–H groups in total. The van der Waals surface area contributed by atoms with Crippen LogP contribution in [0.2, 0.25) is 0 Å². The van der Waals surface area contributed by atoms with E-state index in [4.69, 9.17) is 9.47 Å². The maximum atomic E-state index is 9.77. The third-order valence-electron chi connectivity index (χ3n) is 3.77. The van der Waals surface area contributed by atoms with Crippen molar-refractivity contribution in [3.05, 3.63) is 0 Å². The minimum absolute atomic E-state index is 0.347. The van der Waals surface area contributed by atoms with Crippen molar-refractivity contribution in [2.45, 2.75) is 58.2 Å². The van der Waals surface area contributed by atoms with Gasteiger partial charge in [0.25, 0.3) is 0 Å². The molecule has 3 unspecified atom stereocenters. The van der Waals surface area contributed by atoms with Gasteiger partial charge in [-0.05, 0) is 25.7 Å². The van der Waals surface area contributed by atoms with Crippen molar-refractivity contribution < 1.29 is 14.6 Å².